The lowest BCUT2D eigenvalue weighted by Crippen LogP contribution is -2.52. The van der Waals surface area contributed by atoms with E-state index in [4.69, 9.17) is 38.7 Å². The molecule has 0 amide bonds. The van der Waals surface area contributed by atoms with Crippen LogP contribution in [0.15, 0.2) is 0 Å². The molecule has 0 unspecified atom stereocenters. The van der Waals surface area contributed by atoms with E-state index in [0.717, 1.165) is 8.58 Å². The average molecular weight is 149 g/mol. The van der Waals surface area contributed by atoms with Gasteiger partial charge >= 0.3 is 0 Å². The summed E-state index contributed by atoms with van der Waals surface area (Å²) >= 11 is 0. The molecule has 0 aromatic carbocycles. The summed E-state index contributed by atoms with van der Waals surface area (Å²) in [6.07, 6.45) is -1.78. The molecule has 44 valence electrons. The molecule has 0 aliphatic carbocycles. The Morgan fingerprint density at radius 3 is 1.00 bits per heavy atom. The Labute approximate surface area is 80.1 Å². The minimum absolute atomic E-state index is 0.519. The van der Waals surface area contributed by atoms with Crippen molar-refractivity contribution in [2.45, 2.75) is 0 Å². The van der Waals surface area contributed by atoms with Crippen molar-refractivity contribution in [3.8, 4) is 0 Å². The number of hydrogen-bond acceptors (Lipinski definition) is 0. The monoisotopic (exact) mass is 150 g/mol. The summed E-state index contributed by atoms with van der Waals surface area (Å²) in [5.41, 5.74) is 0. The zero-order valence-corrected chi connectivity index (χ0v) is 8.12. The molecule has 0 bridgehead atoms. The minimum Gasteiger partial charge on any atom is -0.129 e. The third-order valence-corrected chi connectivity index (χ3v) is 0.889. The van der Waals surface area contributed by atoms with Crippen LogP contribution in [0.1, 0.15) is 0 Å². The summed E-state index contributed by atoms with van der Waals surface area (Å²) in [7, 11) is 26.9. The van der Waals surface area contributed by atoms with Gasteiger partial charge in [0.15, 0.2) is 0 Å². The van der Waals surface area contributed by atoms with Gasteiger partial charge in [-0.05, 0) is 13.3 Å². The first kappa shape index (κ1) is 14.5. The first-order valence-corrected chi connectivity index (χ1v) is 5.33. The van der Waals surface area contributed by atoms with E-state index < -0.39 is 19.2 Å². The minimum atomic E-state index is -0.630. The summed E-state index contributed by atoms with van der Waals surface area (Å²) in [5.74, 6) is 0. The molecule has 0 spiro atoms. The predicted octanol–water partition coefficient (Wildman–Crippen LogP) is -2.12. The fourth-order valence-corrected chi connectivity index (χ4v) is 0.257. The molecule has 0 rings (SSSR count). The first-order chi connectivity index (χ1) is 4.97. The van der Waals surface area contributed by atoms with Crippen LogP contribution in [0, 0.1) is 0 Å². The van der Waals surface area contributed by atoms with Crippen molar-refractivity contribution in [3.05, 3.63) is 0 Å². The maximum atomic E-state index is 5.26. The van der Waals surface area contributed by atoms with Gasteiger partial charge < -0.3 is 0 Å². The molecule has 0 saturated carbocycles. The summed E-state index contributed by atoms with van der Waals surface area (Å²) in [4.78, 5) is 0. The highest BCUT2D eigenvalue weighted by Gasteiger charge is 2.14. The highest BCUT2D eigenvalue weighted by atomic mass is 31.1. The molecule has 0 aromatic heterocycles. The smallest absolute Gasteiger partial charge is 0 e. The van der Waals surface area contributed by atoms with E-state index in [1.807, 2.05) is 0 Å². The van der Waals surface area contributed by atoms with Crippen LogP contribution in [0.4, 0.5) is 0 Å². The molecule has 0 heterocycles. The van der Waals surface area contributed by atoms with Gasteiger partial charge in [0.25, 0.3) is 0 Å². The van der Waals surface area contributed by atoms with Crippen LogP contribution in [-0.4, -0.2) is 71.2 Å². The molecule has 9 heteroatoms. The van der Waals surface area contributed by atoms with Crippen LogP contribution in [0.5, 0.6) is 0 Å². The molecule has 0 aliphatic heterocycles. The maximum absolute atomic E-state index is 5.26. The largest absolute Gasteiger partial charge is 0.129 e. The SMILES string of the molecule is CPC.[B]B([B])B([B])B([B])[B]. The molecule has 0 aliphatic rings. The van der Waals surface area contributed by atoms with E-state index in [2.05, 4.69) is 13.3 Å². The Kier molecular flexibility index (Phi) is 11.9. The van der Waals surface area contributed by atoms with Gasteiger partial charge in [0, 0.05) is 57.8 Å². The van der Waals surface area contributed by atoms with Crippen LogP contribution in [0.3, 0.4) is 0 Å². The Morgan fingerprint density at radius 2 is 1.00 bits per heavy atom. The van der Waals surface area contributed by atoms with Crippen molar-refractivity contribution in [2.24, 2.45) is 0 Å². The molecule has 0 saturated heterocycles. The standard InChI is InChI=1S/C2H7P.B8/c1-3-2;1-6(2)8(5)7(3)4/h3H,1-2H3;. The molecule has 0 N–H and O–H groups in total. The van der Waals surface area contributed by atoms with Crippen LogP contribution >= 0.6 is 8.58 Å². The number of rotatable bonds is 2. The molecule has 11 heavy (non-hydrogen) atoms. The summed E-state index contributed by atoms with van der Waals surface area (Å²) in [5, 5.41) is 0. The van der Waals surface area contributed by atoms with Gasteiger partial charge in [0.05, 0.1) is 0 Å². The first-order valence-electron chi connectivity index (χ1n) is 3.33. The third-order valence-electron chi connectivity index (χ3n) is 0.889. The normalized spacial score (nSPS) is 7.45. The summed E-state index contributed by atoms with van der Waals surface area (Å²) in [6, 6.07) is 0. The Bertz CT molecular complexity index is 66.5. The highest BCUT2D eigenvalue weighted by molar-refractivity contribution is 7.89. The summed E-state index contributed by atoms with van der Waals surface area (Å²) in [6.45, 7) is 4.31. The molecular weight excluding hydrogens is 141 g/mol. The van der Waals surface area contributed by atoms with Crippen LogP contribution in [0.25, 0.3) is 0 Å². The van der Waals surface area contributed by atoms with Crippen molar-refractivity contribution in [2.75, 3.05) is 13.3 Å². The number of hydrogen-bond donors (Lipinski definition) is 0. The van der Waals surface area contributed by atoms with Gasteiger partial charge in [-0.25, -0.2) is 0 Å². The summed E-state index contributed by atoms with van der Waals surface area (Å²) < 4.78 is 0. The Balaban J connectivity index is 0. The van der Waals surface area contributed by atoms with E-state index in [9.17, 15) is 0 Å². The van der Waals surface area contributed by atoms with Crippen LogP contribution in [0.2, 0.25) is 0 Å². The van der Waals surface area contributed by atoms with E-state index in [-0.39, 0.29) is 0 Å². The van der Waals surface area contributed by atoms with Crippen LogP contribution < -0.4 is 0 Å². The molecule has 10 radical (unpaired) electrons. The fourth-order valence-electron chi connectivity index (χ4n) is 0.257. The van der Waals surface area contributed by atoms with Crippen molar-refractivity contribution in [1.82, 2.24) is 0 Å². The van der Waals surface area contributed by atoms with Crippen molar-refractivity contribution in [1.29, 1.82) is 0 Å². The van der Waals surface area contributed by atoms with Crippen molar-refractivity contribution < 1.29 is 0 Å². The highest BCUT2D eigenvalue weighted by Crippen LogP contribution is 1.84. The van der Waals surface area contributed by atoms with Crippen molar-refractivity contribution >= 4 is 66.4 Å². The molecule has 0 aromatic rings. The van der Waals surface area contributed by atoms with Gasteiger partial charge in [-0.15, -0.1) is 8.58 Å². The predicted molar refractivity (Wildman–Crippen MR) is 66.2 cm³/mol. The molecule has 0 fully saturated rings. The van der Waals surface area contributed by atoms with Gasteiger partial charge in [-0.2, -0.15) is 0 Å². The zero-order chi connectivity index (χ0) is 9.44. The Morgan fingerprint density at radius 1 is 0.818 bits per heavy atom. The lowest BCUT2D eigenvalue weighted by Gasteiger charge is -2.13. The maximum Gasteiger partial charge on any atom is 0 e. The molecule has 0 nitrogen and oxygen atoms in total. The second-order valence-corrected chi connectivity index (χ2v) is 3.23. The second kappa shape index (κ2) is 9.04. The van der Waals surface area contributed by atoms with E-state index in [1.54, 1.807) is 0 Å². The van der Waals surface area contributed by atoms with E-state index in [0.29, 0.717) is 0 Å². The van der Waals surface area contributed by atoms with Gasteiger partial charge in [-0.1, -0.05) is 0 Å². The fraction of sp³-hybridized carbons (Fsp3) is 1.00. The van der Waals surface area contributed by atoms with Crippen LogP contribution in [-0.2, 0) is 0 Å². The average Bonchev–Trinajstić information content (AvgIpc) is 1.87. The zero-order valence-electron chi connectivity index (χ0n) is 7.12. The Hall–Kier alpha value is 0.949. The van der Waals surface area contributed by atoms with Gasteiger partial charge in [0.1, 0.15) is 0 Å². The second-order valence-electron chi connectivity index (χ2n) is 2.23. The van der Waals surface area contributed by atoms with Gasteiger partial charge in [0.2, 0.25) is 0 Å². The molecule has 0 atom stereocenters. The van der Waals surface area contributed by atoms with E-state index >= 15 is 0 Å². The lowest BCUT2D eigenvalue weighted by molar-refractivity contribution is 2.32. The van der Waals surface area contributed by atoms with E-state index in [1.165, 1.54) is 0 Å². The quantitative estimate of drug-likeness (QED) is 0.310. The third kappa shape index (κ3) is 10.9. The topological polar surface area (TPSA) is 0 Å². The lowest BCUT2D eigenvalue weighted by atomic mass is 8.68. The molecular formula is C2H7B8P. The van der Waals surface area contributed by atoms with Crippen molar-refractivity contribution in [3.63, 3.8) is 0 Å². The van der Waals surface area contributed by atoms with Gasteiger partial charge in [-0.3, -0.25) is 0 Å².